The monoisotopic (exact) mass is 347 g/mol. The Kier molecular flexibility index (Phi) is 5.18. The van der Waals surface area contributed by atoms with Crippen molar-refractivity contribution >= 4 is 28.7 Å². The molecule has 6 nitrogen and oxygen atoms in total. The molecule has 2 heterocycles. The Labute approximate surface area is 152 Å². The molecule has 0 aliphatic carbocycles. The lowest BCUT2D eigenvalue weighted by Gasteiger charge is -2.10. The van der Waals surface area contributed by atoms with Crippen molar-refractivity contribution in [2.45, 2.75) is 32.9 Å². The summed E-state index contributed by atoms with van der Waals surface area (Å²) in [6.07, 6.45) is 7.42. The SMILES string of the molecule is CC(C)n1nccc1NC(=O)C=Cc1cn(CCC#N)c2ccccc12. The van der Waals surface area contributed by atoms with Gasteiger partial charge in [-0.25, -0.2) is 4.68 Å². The van der Waals surface area contributed by atoms with E-state index in [2.05, 4.69) is 16.5 Å². The number of nitrogens with zero attached hydrogens (tertiary/aromatic N) is 4. The minimum absolute atomic E-state index is 0.169. The molecule has 1 amide bonds. The number of nitrogens with one attached hydrogen (secondary N) is 1. The van der Waals surface area contributed by atoms with E-state index in [1.807, 2.05) is 48.9 Å². The van der Waals surface area contributed by atoms with Crippen LogP contribution in [0.5, 0.6) is 0 Å². The summed E-state index contributed by atoms with van der Waals surface area (Å²) in [5.41, 5.74) is 2.01. The lowest BCUT2D eigenvalue weighted by atomic mass is 10.1. The number of aromatic nitrogens is 3. The van der Waals surface area contributed by atoms with Crippen LogP contribution in [0.3, 0.4) is 0 Å². The van der Waals surface area contributed by atoms with Crippen molar-refractivity contribution in [3.63, 3.8) is 0 Å². The zero-order valence-corrected chi connectivity index (χ0v) is 14.9. The third-order valence-corrected chi connectivity index (χ3v) is 4.11. The summed E-state index contributed by atoms with van der Waals surface area (Å²) in [6.45, 7) is 4.65. The van der Waals surface area contributed by atoms with Gasteiger partial charge in [0.2, 0.25) is 5.91 Å². The van der Waals surface area contributed by atoms with Crippen molar-refractivity contribution in [2.24, 2.45) is 0 Å². The molecular formula is C20H21N5O. The fourth-order valence-corrected chi connectivity index (χ4v) is 2.92. The number of fused-ring (bicyclic) bond motifs is 1. The first-order chi connectivity index (χ1) is 12.6. The number of carbonyl (C=O) groups is 1. The molecule has 0 saturated carbocycles. The number of amides is 1. The Morgan fingerprint density at radius 3 is 2.92 bits per heavy atom. The van der Waals surface area contributed by atoms with Crippen molar-refractivity contribution in [3.05, 3.63) is 54.4 Å². The van der Waals surface area contributed by atoms with Crippen LogP contribution in [-0.2, 0) is 11.3 Å². The van der Waals surface area contributed by atoms with Crippen LogP contribution in [0, 0.1) is 11.3 Å². The van der Waals surface area contributed by atoms with Gasteiger partial charge in [0, 0.05) is 47.4 Å². The Morgan fingerprint density at radius 1 is 1.35 bits per heavy atom. The molecule has 2 aromatic heterocycles. The van der Waals surface area contributed by atoms with E-state index in [9.17, 15) is 4.79 Å². The first kappa shape index (κ1) is 17.5. The lowest BCUT2D eigenvalue weighted by Crippen LogP contribution is -2.14. The highest BCUT2D eigenvalue weighted by atomic mass is 16.1. The zero-order valence-electron chi connectivity index (χ0n) is 14.9. The second-order valence-corrected chi connectivity index (χ2v) is 6.28. The Balaban J connectivity index is 1.81. The molecule has 3 rings (SSSR count). The summed E-state index contributed by atoms with van der Waals surface area (Å²) in [6, 6.07) is 12.1. The number of hydrogen-bond acceptors (Lipinski definition) is 3. The fourth-order valence-electron chi connectivity index (χ4n) is 2.92. The molecule has 0 fully saturated rings. The number of rotatable bonds is 6. The van der Waals surface area contributed by atoms with Crippen LogP contribution in [0.25, 0.3) is 17.0 Å². The minimum Gasteiger partial charge on any atom is -0.346 e. The lowest BCUT2D eigenvalue weighted by molar-refractivity contribution is -0.111. The predicted octanol–water partition coefficient (Wildman–Crippen LogP) is 3.98. The summed E-state index contributed by atoms with van der Waals surface area (Å²) < 4.78 is 3.81. The number of benzene rings is 1. The number of carbonyl (C=O) groups excluding carboxylic acids is 1. The normalized spacial score (nSPS) is 11.3. The molecule has 0 aliphatic rings. The van der Waals surface area contributed by atoms with Gasteiger partial charge in [-0.3, -0.25) is 4.79 Å². The number of aryl methyl sites for hydroxylation is 1. The molecule has 1 N–H and O–H groups in total. The standard InChI is InChI=1S/C20H21N5O/c1-15(2)25-19(10-12-22-25)23-20(26)9-8-16-14-24(13-5-11-21)18-7-4-3-6-17(16)18/h3-4,6-10,12,14-15H,5,13H2,1-2H3,(H,23,26). The first-order valence-electron chi connectivity index (χ1n) is 8.57. The zero-order chi connectivity index (χ0) is 18.5. The van der Waals surface area contributed by atoms with Crippen LogP contribution < -0.4 is 5.32 Å². The predicted molar refractivity (Wildman–Crippen MR) is 102 cm³/mol. The fraction of sp³-hybridized carbons (Fsp3) is 0.250. The summed E-state index contributed by atoms with van der Waals surface area (Å²) in [7, 11) is 0. The van der Waals surface area contributed by atoms with E-state index in [0.717, 1.165) is 16.5 Å². The van der Waals surface area contributed by atoms with Gasteiger partial charge in [-0.05, 0) is 26.0 Å². The molecule has 0 saturated heterocycles. The number of anilines is 1. The topological polar surface area (TPSA) is 75.6 Å². The highest BCUT2D eigenvalue weighted by Gasteiger charge is 2.09. The average molecular weight is 347 g/mol. The minimum atomic E-state index is -0.207. The van der Waals surface area contributed by atoms with Crippen molar-refractivity contribution in [3.8, 4) is 6.07 Å². The summed E-state index contributed by atoms with van der Waals surface area (Å²) in [5.74, 6) is 0.465. The molecule has 0 radical (unpaired) electrons. The molecule has 0 aliphatic heterocycles. The molecule has 3 aromatic rings. The van der Waals surface area contributed by atoms with E-state index >= 15 is 0 Å². The molecule has 132 valence electrons. The molecule has 0 spiro atoms. The van der Waals surface area contributed by atoms with E-state index in [1.165, 1.54) is 6.08 Å². The quantitative estimate of drug-likeness (QED) is 0.685. The maximum Gasteiger partial charge on any atom is 0.249 e. The van der Waals surface area contributed by atoms with Crippen LogP contribution >= 0.6 is 0 Å². The number of nitriles is 1. The Hall–Kier alpha value is -3.33. The van der Waals surface area contributed by atoms with Crippen molar-refractivity contribution in [1.29, 1.82) is 5.26 Å². The molecule has 0 bridgehead atoms. The third-order valence-electron chi connectivity index (χ3n) is 4.11. The molecule has 1 aromatic carbocycles. The van der Waals surface area contributed by atoms with Gasteiger partial charge in [-0.1, -0.05) is 18.2 Å². The summed E-state index contributed by atoms with van der Waals surface area (Å²) in [4.78, 5) is 12.3. The second-order valence-electron chi connectivity index (χ2n) is 6.28. The van der Waals surface area contributed by atoms with Gasteiger partial charge >= 0.3 is 0 Å². The molecule has 0 atom stereocenters. The number of hydrogen-bond donors (Lipinski definition) is 1. The molecular weight excluding hydrogens is 326 g/mol. The second kappa shape index (κ2) is 7.70. The maximum atomic E-state index is 12.3. The van der Waals surface area contributed by atoms with Gasteiger partial charge in [0.15, 0.2) is 0 Å². The van der Waals surface area contributed by atoms with Crippen molar-refractivity contribution in [2.75, 3.05) is 5.32 Å². The third kappa shape index (κ3) is 3.67. The van der Waals surface area contributed by atoms with Crippen LogP contribution in [-0.4, -0.2) is 20.3 Å². The molecule has 26 heavy (non-hydrogen) atoms. The molecule has 6 heteroatoms. The highest BCUT2D eigenvalue weighted by Crippen LogP contribution is 2.23. The first-order valence-corrected chi connectivity index (χ1v) is 8.57. The van der Waals surface area contributed by atoms with Gasteiger partial charge in [-0.15, -0.1) is 0 Å². The largest absolute Gasteiger partial charge is 0.346 e. The van der Waals surface area contributed by atoms with Crippen LogP contribution in [0.2, 0.25) is 0 Å². The summed E-state index contributed by atoms with van der Waals surface area (Å²) in [5, 5.41) is 17.0. The van der Waals surface area contributed by atoms with Gasteiger partial charge in [-0.2, -0.15) is 10.4 Å². The van der Waals surface area contributed by atoms with Gasteiger partial charge in [0.05, 0.1) is 18.7 Å². The smallest absolute Gasteiger partial charge is 0.249 e. The van der Waals surface area contributed by atoms with Crippen LogP contribution in [0.15, 0.2) is 48.8 Å². The average Bonchev–Trinajstić information content (AvgIpc) is 3.23. The van der Waals surface area contributed by atoms with Crippen LogP contribution in [0.1, 0.15) is 31.9 Å². The van der Waals surface area contributed by atoms with E-state index in [1.54, 1.807) is 23.0 Å². The summed E-state index contributed by atoms with van der Waals surface area (Å²) >= 11 is 0. The van der Waals surface area contributed by atoms with Crippen molar-refractivity contribution in [1.82, 2.24) is 14.3 Å². The highest BCUT2D eigenvalue weighted by molar-refractivity contribution is 6.03. The van der Waals surface area contributed by atoms with E-state index in [4.69, 9.17) is 5.26 Å². The van der Waals surface area contributed by atoms with Crippen molar-refractivity contribution < 1.29 is 4.79 Å². The number of para-hydroxylation sites is 1. The van der Waals surface area contributed by atoms with E-state index < -0.39 is 0 Å². The maximum absolute atomic E-state index is 12.3. The Bertz CT molecular complexity index is 987. The molecule has 0 unspecified atom stereocenters. The van der Waals surface area contributed by atoms with Crippen LogP contribution in [0.4, 0.5) is 5.82 Å². The van der Waals surface area contributed by atoms with Gasteiger partial charge in [0.25, 0.3) is 0 Å². The van der Waals surface area contributed by atoms with Gasteiger partial charge in [0.1, 0.15) is 5.82 Å². The van der Waals surface area contributed by atoms with E-state index in [-0.39, 0.29) is 11.9 Å². The Morgan fingerprint density at radius 2 is 2.15 bits per heavy atom. The van der Waals surface area contributed by atoms with E-state index in [0.29, 0.717) is 18.8 Å². The van der Waals surface area contributed by atoms with Gasteiger partial charge < -0.3 is 9.88 Å².